The van der Waals surface area contributed by atoms with Gasteiger partial charge >= 0.3 is 0 Å². The SMILES string of the molecule is Cc1cc(C=C(C#N)c2cccc(Cl)c2)c(C)n1-c1cccnc1. The van der Waals surface area contributed by atoms with Gasteiger partial charge in [0.25, 0.3) is 0 Å². The summed E-state index contributed by atoms with van der Waals surface area (Å²) in [5, 5.41) is 10.2. The van der Waals surface area contributed by atoms with Crippen molar-refractivity contribution in [2.75, 3.05) is 0 Å². The summed E-state index contributed by atoms with van der Waals surface area (Å²) in [5.41, 5.74) is 5.58. The third-order valence-electron chi connectivity index (χ3n) is 3.93. The van der Waals surface area contributed by atoms with Gasteiger partial charge in [0.1, 0.15) is 0 Å². The Kier molecular flexibility index (Phi) is 4.50. The topological polar surface area (TPSA) is 41.6 Å². The Morgan fingerprint density at radius 1 is 1.21 bits per heavy atom. The number of hydrogen-bond donors (Lipinski definition) is 0. The predicted molar refractivity (Wildman–Crippen MR) is 98.0 cm³/mol. The van der Waals surface area contributed by atoms with E-state index in [0.29, 0.717) is 10.6 Å². The van der Waals surface area contributed by atoms with E-state index in [9.17, 15) is 5.26 Å². The molecular weight excluding hydrogens is 318 g/mol. The van der Waals surface area contributed by atoms with Crippen LogP contribution < -0.4 is 0 Å². The smallest absolute Gasteiger partial charge is 0.0998 e. The molecule has 3 aromatic rings. The van der Waals surface area contributed by atoms with E-state index in [1.54, 1.807) is 18.3 Å². The van der Waals surface area contributed by atoms with Crippen LogP contribution in [0, 0.1) is 25.2 Å². The van der Waals surface area contributed by atoms with Crippen LogP contribution in [0.1, 0.15) is 22.5 Å². The molecule has 0 aliphatic carbocycles. The highest BCUT2D eigenvalue weighted by Gasteiger charge is 2.11. The minimum atomic E-state index is 0.587. The van der Waals surface area contributed by atoms with Crippen molar-refractivity contribution in [2.45, 2.75) is 13.8 Å². The van der Waals surface area contributed by atoms with Crippen LogP contribution >= 0.6 is 11.6 Å². The molecule has 2 heterocycles. The summed E-state index contributed by atoms with van der Waals surface area (Å²) >= 11 is 6.04. The molecule has 0 aliphatic heterocycles. The second-order valence-electron chi connectivity index (χ2n) is 5.55. The number of benzene rings is 1. The van der Waals surface area contributed by atoms with Gasteiger partial charge < -0.3 is 4.57 Å². The van der Waals surface area contributed by atoms with Crippen LogP contribution in [0.15, 0.2) is 54.9 Å². The zero-order valence-electron chi connectivity index (χ0n) is 13.5. The molecule has 0 N–H and O–H groups in total. The minimum Gasteiger partial charge on any atom is -0.316 e. The number of hydrogen-bond acceptors (Lipinski definition) is 2. The predicted octanol–water partition coefficient (Wildman–Crippen LogP) is 5.21. The average molecular weight is 334 g/mol. The van der Waals surface area contributed by atoms with Crippen molar-refractivity contribution in [1.82, 2.24) is 9.55 Å². The number of aromatic nitrogens is 2. The fraction of sp³-hybridized carbons (Fsp3) is 0.100. The molecule has 118 valence electrons. The van der Waals surface area contributed by atoms with Gasteiger partial charge in [0, 0.05) is 22.6 Å². The first-order chi connectivity index (χ1) is 11.6. The van der Waals surface area contributed by atoms with E-state index in [1.807, 2.05) is 50.4 Å². The standard InChI is InChI=1S/C20H16ClN3/c1-14-9-17(15(2)24(14)20-7-4-8-23-13-20)10-18(12-22)16-5-3-6-19(21)11-16/h3-11,13H,1-2H3. The molecule has 24 heavy (non-hydrogen) atoms. The quantitative estimate of drug-likeness (QED) is 0.617. The molecule has 4 heteroatoms. The number of nitriles is 1. The maximum atomic E-state index is 9.54. The lowest BCUT2D eigenvalue weighted by molar-refractivity contribution is 0.954. The zero-order valence-corrected chi connectivity index (χ0v) is 14.2. The molecule has 0 saturated carbocycles. The van der Waals surface area contributed by atoms with Crippen LogP contribution in [-0.4, -0.2) is 9.55 Å². The Balaban J connectivity index is 2.09. The molecule has 3 rings (SSSR count). The lowest BCUT2D eigenvalue weighted by Gasteiger charge is -2.08. The summed E-state index contributed by atoms with van der Waals surface area (Å²) in [4.78, 5) is 4.18. The van der Waals surface area contributed by atoms with Gasteiger partial charge in [0.15, 0.2) is 0 Å². The molecule has 0 amide bonds. The summed E-state index contributed by atoms with van der Waals surface area (Å²) in [6.45, 7) is 4.08. The molecule has 3 nitrogen and oxygen atoms in total. The molecule has 0 radical (unpaired) electrons. The molecule has 0 unspecified atom stereocenters. The highest BCUT2D eigenvalue weighted by molar-refractivity contribution is 6.30. The Labute approximate surface area is 146 Å². The summed E-state index contributed by atoms with van der Waals surface area (Å²) in [5.74, 6) is 0. The molecule has 0 aliphatic rings. The summed E-state index contributed by atoms with van der Waals surface area (Å²) in [6.07, 6.45) is 5.49. The van der Waals surface area contributed by atoms with Gasteiger partial charge in [0.05, 0.1) is 23.5 Å². The van der Waals surface area contributed by atoms with E-state index in [2.05, 4.69) is 21.7 Å². The van der Waals surface area contributed by atoms with Crippen molar-refractivity contribution in [1.29, 1.82) is 5.26 Å². The molecule has 0 atom stereocenters. The van der Waals surface area contributed by atoms with E-state index in [0.717, 1.165) is 28.2 Å². The van der Waals surface area contributed by atoms with Crippen molar-refractivity contribution in [3.63, 3.8) is 0 Å². The molecule has 0 fully saturated rings. The van der Waals surface area contributed by atoms with E-state index in [1.165, 1.54) is 0 Å². The van der Waals surface area contributed by atoms with Crippen molar-refractivity contribution in [3.05, 3.63) is 82.4 Å². The van der Waals surface area contributed by atoms with Crippen LogP contribution in [0.5, 0.6) is 0 Å². The van der Waals surface area contributed by atoms with Crippen LogP contribution in [-0.2, 0) is 0 Å². The van der Waals surface area contributed by atoms with Crippen molar-refractivity contribution >= 4 is 23.3 Å². The second-order valence-corrected chi connectivity index (χ2v) is 5.99. The number of halogens is 1. The van der Waals surface area contributed by atoms with Gasteiger partial charge in [0.2, 0.25) is 0 Å². The first-order valence-electron chi connectivity index (χ1n) is 7.57. The number of pyridine rings is 1. The first-order valence-corrected chi connectivity index (χ1v) is 7.95. The lowest BCUT2D eigenvalue weighted by Crippen LogP contribution is -1.99. The third kappa shape index (κ3) is 3.10. The van der Waals surface area contributed by atoms with Crippen LogP contribution in [0.2, 0.25) is 5.02 Å². The lowest BCUT2D eigenvalue weighted by atomic mass is 10.0. The number of nitrogens with zero attached hydrogens (tertiary/aromatic N) is 3. The summed E-state index contributed by atoms with van der Waals surface area (Å²) < 4.78 is 2.13. The highest BCUT2D eigenvalue weighted by atomic mass is 35.5. The highest BCUT2D eigenvalue weighted by Crippen LogP contribution is 2.26. The van der Waals surface area contributed by atoms with Crippen molar-refractivity contribution in [3.8, 4) is 11.8 Å². The maximum Gasteiger partial charge on any atom is 0.0998 e. The molecule has 2 aromatic heterocycles. The van der Waals surface area contributed by atoms with Crippen LogP contribution in [0.25, 0.3) is 17.3 Å². The van der Waals surface area contributed by atoms with Crippen molar-refractivity contribution < 1.29 is 0 Å². The summed E-state index contributed by atoms with van der Waals surface area (Å²) in [7, 11) is 0. The largest absolute Gasteiger partial charge is 0.316 e. The van der Waals surface area contributed by atoms with Gasteiger partial charge in [-0.05, 0) is 61.4 Å². The third-order valence-corrected chi connectivity index (χ3v) is 4.17. The van der Waals surface area contributed by atoms with E-state index in [4.69, 9.17) is 11.6 Å². The molecule has 0 saturated heterocycles. The first kappa shape index (κ1) is 16.0. The van der Waals surface area contributed by atoms with Crippen LogP contribution in [0.3, 0.4) is 0 Å². The number of aryl methyl sites for hydroxylation is 1. The fourth-order valence-electron chi connectivity index (χ4n) is 2.81. The molecule has 0 spiro atoms. The molecular formula is C20H16ClN3. The van der Waals surface area contributed by atoms with Crippen molar-refractivity contribution in [2.24, 2.45) is 0 Å². The average Bonchev–Trinajstić information content (AvgIpc) is 2.87. The number of allylic oxidation sites excluding steroid dienone is 1. The van der Waals surface area contributed by atoms with Crippen LogP contribution in [0.4, 0.5) is 0 Å². The zero-order chi connectivity index (χ0) is 17.1. The van der Waals surface area contributed by atoms with Gasteiger partial charge in [-0.3, -0.25) is 4.98 Å². The minimum absolute atomic E-state index is 0.587. The van der Waals surface area contributed by atoms with Gasteiger partial charge in [-0.15, -0.1) is 0 Å². The summed E-state index contributed by atoms with van der Waals surface area (Å²) in [6, 6.07) is 15.6. The fourth-order valence-corrected chi connectivity index (χ4v) is 3.00. The Bertz CT molecular complexity index is 947. The van der Waals surface area contributed by atoms with Gasteiger partial charge in [-0.1, -0.05) is 23.7 Å². The van der Waals surface area contributed by atoms with E-state index < -0.39 is 0 Å². The Hall–Kier alpha value is -2.83. The maximum absolute atomic E-state index is 9.54. The Morgan fingerprint density at radius 2 is 2.04 bits per heavy atom. The van der Waals surface area contributed by atoms with E-state index >= 15 is 0 Å². The second kappa shape index (κ2) is 6.74. The molecule has 0 bridgehead atoms. The molecule has 1 aromatic carbocycles. The van der Waals surface area contributed by atoms with Gasteiger partial charge in [-0.2, -0.15) is 5.26 Å². The van der Waals surface area contributed by atoms with E-state index in [-0.39, 0.29) is 0 Å². The number of rotatable bonds is 3. The Morgan fingerprint density at radius 3 is 2.71 bits per heavy atom. The monoisotopic (exact) mass is 333 g/mol. The van der Waals surface area contributed by atoms with Gasteiger partial charge in [-0.25, -0.2) is 0 Å². The normalized spacial score (nSPS) is 11.3.